The van der Waals surface area contributed by atoms with Crippen LogP contribution in [0.5, 0.6) is 0 Å². The molecule has 4 aromatic rings. The molecule has 1 amide bonds. The van der Waals surface area contributed by atoms with Crippen molar-refractivity contribution in [2.75, 3.05) is 0 Å². The monoisotopic (exact) mass is 419 g/mol. The first kappa shape index (κ1) is 18.6. The molecule has 1 aliphatic carbocycles. The van der Waals surface area contributed by atoms with E-state index in [9.17, 15) is 9.18 Å². The molecule has 150 valence electrons. The van der Waals surface area contributed by atoms with Gasteiger partial charge in [0.15, 0.2) is 5.82 Å². The zero-order valence-corrected chi connectivity index (χ0v) is 16.8. The largest absolute Gasteiger partial charge is 0.329 e. The SMILES string of the molecule is O=C(c1nc(-c2cccs2)n(-c2ccc(F)cc2)n1)N(Cc1ccncc1)C1CC1. The van der Waals surface area contributed by atoms with E-state index in [4.69, 9.17) is 0 Å². The summed E-state index contributed by atoms with van der Waals surface area (Å²) in [5, 5.41) is 6.47. The molecule has 0 radical (unpaired) electrons. The van der Waals surface area contributed by atoms with Gasteiger partial charge in [-0.1, -0.05) is 6.07 Å². The lowest BCUT2D eigenvalue weighted by Gasteiger charge is -2.20. The minimum absolute atomic E-state index is 0.142. The summed E-state index contributed by atoms with van der Waals surface area (Å²) in [7, 11) is 0. The second-order valence-electron chi connectivity index (χ2n) is 7.14. The molecule has 1 saturated carbocycles. The lowest BCUT2D eigenvalue weighted by molar-refractivity contribution is 0.0717. The Morgan fingerprint density at radius 2 is 1.90 bits per heavy atom. The Morgan fingerprint density at radius 3 is 2.57 bits per heavy atom. The van der Waals surface area contributed by atoms with Crippen molar-refractivity contribution in [1.29, 1.82) is 0 Å². The molecule has 6 nitrogen and oxygen atoms in total. The summed E-state index contributed by atoms with van der Waals surface area (Å²) in [6, 6.07) is 13.9. The van der Waals surface area contributed by atoms with Gasteiger partial charge in [-0.3, -0.25) is 9.78 Å². The minimum Gasteiger partial charge on any atom is -0.329 e. The van der Waals surface area contributed by atoms with Gasteiger partial charge in [-0.15, -0.1) is 16.4 Å². The molecule has 0 unspecified atom stereocenters. The molecule has 1 aliphatic rings. The number of carbonyl (C=O) groups excluding carboxylic acids is 1. The molecular weight excluding hydrogens is 401 g/mol. The molecule has 5 rings (SSSR count). The van der Waals surface area contributed by atoms with Crippen molar-refractivity contribution >= 4 is 17.2 Å². The smallest absolute Gasteiger partial charge is 0.294 e. The summed E-state index contributed by atoms with van der Waals surface area (Å²) in [6.45, 7) is 0.492. The number of benzene rings is 1. The Hall–Kier alpha value is -3.39. The number of aromatic nitrogens is 4. The van der Waals surface area contributed by atoms with E-state index in [1.165, 1.54) is 23.5 Å². The van der Waals surface area contributed by atoms with Crippen LogP contribution in [0.25, 0.3) is 16.4 Å². The summed E-state index contributed by atoms with van der Waals surface area (Å²) in [5.74, 6) is 0.182. The number of halogens is 1. The van der Waals surface area contributed by atoms with Crippen LogP contribution in [0.15, 0.2) is 66.3 Å². The second-order valence-corrected chi connectivity index (χ2v) is 8.09. The predicted octanol–water partition coefficient (Wildman–Crippen LogP) is 4.33. The van der Waals surface area contributed by atoms with Crippen molar-refractivity contribution < 1.29 is 9.18 Å². The van der Waals surface area contributed by atoms with E-state index in [1.807, 2.05) is 34.5 Å². The Morgan fingerprint density at radius 1 is 1.13 bits per heavy atom. The predicted molar refractivity (Wildman–Crippen MR) is 112 cm³/mol. The number of nitrogens with zero attached hydrogens (tertiary/aromatic N) is 5. The highest BCUT2D eigenvalue weighted by atomic mass is 32.1. The molecule has 8 heteroatoms. The third-order valence-corrected chi connectivity index (χ3v) is 5.83. The van der Waals surface area contributed by atoms with E-state index in [2.05, 4.69) is 15.1 Å². The van der Waals surface area contributed by atoms with Crippen LogP contribution in [0.4, 0.5) is 4.39 Å². The van der Waals surface area contributed by atoms with Crippen molar-refractivity contribution in [3.05, 3.63) is 83.5 Å². The topological polar surface area (TPSA) is 63.9 Å². The van der Waals surface area contributed by atoms with Gasteiger partial charge in [0.25, 0.3) is 5.91 Å². The number of hydrogen-bond donors (Lipinski definition) is 0. The fourth-order valence-corrected chi connectivity index (χ4v) is 3.99. The maximum absolute atomic E-state index is 13.4. The third kappa shape index (κ3) is 3.73. The third-order valence-electron chi connectivity index (χ3n) is 4.96. The lowest BCUT2D eigenvalue weighted by atomic mass is 10.2. The molecule has 3 heterocycles. The molecule has 0 aliphatic heterocycles. The first-order valence-electron chi connectivity index (χ1n) is 9.66. The molecular formula is C22H18FN5OS. The lowest BCUT2D eigenvalue weighted by Crippen LogP contribution is -2.33. The highest BCUT2D eigenvalue weighted by molar-refractivity contribution is 7.13. The van der Waals surface area contributed by atoms with Crippen molar-refractivity contribution in [2.24, 2.45) is 0 Å². The molecule has 30 heavy (non-hydrogen) atoms. The van der Waals surface area contributed by atoms with Crippen LogP contribution >= 0.6 is 11.3 Å². The van der Waals surface area contributed by atoms with Crippen LogP contribution in [0.2, 0.25) is 0 Å². The summed E-state index contributed by atoms with van der Waals surface area (Å²) in [6.07, 6.45) is 5.41. The molecule has 0 atom stereocenters. The van der Waals surface area contributed by atoms with Gasteiger partial charge in [0.1, 0.15) is 5.82 Å². The van der Waals surface area contributed by atoms with Crippen LogP contribution in [-0.4, -0.2) is 36.6 Å². The normalized spacial score (nSPS) is 13.4. The van der Waals surface area contributed by atoms with E-state index in [0.717, 1.165) is 23.3 Å². The molecule has 1 fully saturated rings. The van der Waals surface area contributed by atoms with Crippen molar-refractivity contribution in [2.45, 2.75) is 25.4 Å². The van der Waals surface area contributed by atoms with Crippen molar-refractivity contribution in [3.63, 3.8) is 0 Å². The minimum atomic E-state index is -0.329. The Balaban J connectivity index is 1.52. The van der Waals surface area contributed by atoms with Gasteiger partial charge in [0.2, 0.25) is 5.82 Å². The molecule has 0 bridgehead atoms. The van der Waals surface area contributed by atoms with Gasteiger partial charge < -0.3 is 4.90 Å². The fraction of sp³-hybridized carbons (Fsp3) is 0.182. The number of carbonyl (C=O) groups is 1. The van der Waals surface area contributed by atoms with E-state index in [1.54, 1.807) is 29.2 Å². The van der Waals surface area contributed by atoms with E-state index < -0.39 is 0 Å². The van der Waals surface area contributed by atoms with E-state index in [-0.39, 0.29) is 23.6 Å². The first-order valence-corrected chi connectivity index (χ1v) is 10.5. The average molecular weight is 419 g/mol. The van der Waals surface area contributed by atoms with Gasteiger partial charge in [-0.05, 0) is 66.2 Å². The standard InChI is InChI=1S/C22H18FN5OS/c23-16-3-5-18(6-4-16)28-21(19-2-1-13-30-19)25-20(26-28)22(29)27(17-7-8-17)14-15-9-11-24-12-10-15/h1-6,9-13,17H,7-8,14H2. The molecule has 3 aromatic heterocycles. The number of pyridine rings is 1. The van der Waals surface area contributed by atoms with Gasteiger partial charge >= 0.3 is 0 Å². The maximum Gasteiger partial charge on any atom is 0.294 e. The summed E-state index contributed by atoms with van der Waals surface area (Å²) in [4.78, 5) is 24.7. The number of amides is 1. The number of rotatable bonds is 6. The zero-order valence-electron chi connectivity index (χ0n) is 16.0. The Bertz CT molecular complexity index is 1150. The van der Waals surface area contributed by atoms with E-state index in [0.29, 0.717) is 18.1 Å². The molecule has 0 N–H and O–H groups in total. The highest BCUT2D eigenvalue weighted by Gasteiger charge is 2.35. The fourth-order valence-electron chi connectivity index (χ4n) is 3.30. The molecule has 0 saturated heterocycles. The van der Waals surface area contributed by atoms with Gasteiger partial charge in [-0.2, -0.15) is 0 Å². The maximum atomic E-state index is 13.4. The summed E-state index contributed by atoms with van der Waals surface area (Å²) >= 11 is 1.51. The van der Waals surface area contributed by atoms with Crippen LogP contribution in [0.3, 0.4) is 0 Å². The van der Waals surface area contributed by atoms with Crippen LogP contribution in [0, 0.1) is 5.82 Å². The second kappa shape index (κ2) is 7.79. The van der Waals surface area contributed by atoms with Crippen LogP contribution in [0.1, 0.15) is 29.0 Å². The van der Waals surface area contributed by atoms with Crippen LogP contribution < -0.4 is 0 Å². The summed E-state index contributed by atoms with van der Waals surface area (Å²) < 4.78 is 15.0. The summed E-state index contributed by atoms with van der Waals surface area (Å²) in [5.41, 5.74) is 1.67. The van der Waals surface area contributed by atoms with Gasteiger partial charge in [0.05, 0.1) is 10.6 Å². The Kier molecular flexibility index (Phi) is 4.84. The quantitative estimate of drug-likeness (QED) is 0.467. The average Bonchev–Trinajstić information content (AvgIpc) is 3.28. The van der Waals surface area contributed by atoms with Gasteiger partial charge in [-0.25, -0.2) is 14.1 Å². The van der Waals surface area contributed by atoms with E-state index >= 15 is 0 Å². The Labute approximate surface area is 176 Å². The molecule has 0 spiro atoms. The van der Waals surface area contributed by atoms with Crippen LogP contribution in [-0.2, 0) is 6.54 Å². The highest BCUT2D eigenvalue weighted by Crippen LogP contribution is 2.31. The zero-order chi connectivity index (χ0) is 20.5. The van der Waals surface area contributed by atoms with Crippen molar-refractivity contribution in [3.8, 4) is 16.4 Å². The number of hydrogen-bond acceptors (Lipinski definition) is 5. The first-order chi connectivity index (χ1) is 14.7. The number of thiophene rings is 1. The molecule has 1 aromatic carbocycles. The van der Waals surface area contributed by atoms with Crippen molar-refractivity contribution in [1.82, 2.24) is 24.6 Å². The van der Waals surface area contributed by atoms with Gasteiger partial charge in [0, 0.05) is 25.0 Å².